The summed E-state index contributed by atoms with van der Waals surface area (Å²) in [5.41, 5.74) is 10.0. The minimum atomic E-state index is -3.68. The molecule has 8 heteroatoms. The van der Waals surface area contributed by atoms with Gasteiger partial charge in [-0.05, 0) is 48.1 Å². The van der Waals surface area contributed by atoms with Crippen molar-refractivity contribution in [3.63, 3.8) is 0 Å². The predicted molar refractivity (Wildman–Crippen MR) is 106 cm³/mol. The number of hydrazine groups is 1. The van der Waals surface area contributed by atoms with Gasteiger partial charge in [0, 0.05) is 12.5 Å². The molecule has 5 N–H and O–H groups in total. The summed E-state index contributed by atoms with van der Waals surface area (Å²) in [6.45, 7) is 0.486. The van der Waals surface area contributed by atoms with Crippen molar-refractivity contribution in [3.8, 4) is 0 Å². The normalized spacial score (nSPS) is 23.7. The third-order valence-electron chi connectivity index (χ3n) is 5.64. The highest BCUT2D eigenvalue weighted by molar-refractivity contribution is 7.89. The van der Waals surface area contributed by atoms with E-state index in [1.54, 1.807) is 12.1 Å². The molecule has 0 bridgehead atoms. The largest absolute Gasteiger partial charge is 0.354 e. The SMILES string of the molecule is NS(=O)(=O)c1ccc(CCNC(=O)C2NNC3c4ccccc4CCC23)cc1. The first kappa shape index (κ1) is 19.1. The Hall–Kier alpha value is -2.26. The number of carbonyl (C=O) groups excluding carboxylic acids is 1. The lowest BCUT2D eigenvalue weighted by atomic mass is 9.77. The molecule has 0 spiro atoms. The van der Waals surface area contributed by atoms with Crippen LogP contribution in [0.2, 0.25) is 0 Å². The number of amides is 1. The third-order valence-corrected chi connectivity index (χ3v) is 6.56. The van der Waals surface area contributed by atoms with Crippen LogP contribution in [0.3, 0.4) is 0 Å². The average molecular weight is 401 g/mol. The van der Waals surface area contributed by atoms with Gasteiger partial charge in [0.05, 0.1) is 10.9 Å². The summed E-state index contributed by atoms with van der Waals surface area (Å²) in [7, 11) is -3.68. The van der Waals surface area contributed by atoms with Crippen LogP contribution < -0.4 is 21.3 Å². The van der Waals surface area contributed by atoms with Crippen LogP contribution in [0.4, 0.5) is 0 Å². The van der Waals surface area contributed by atoms with Crippen LogP contribution in [0.5, 0.6) is 0 Å². The van der Waals surface area contributed by atoms with Crippen molar-refractivity contribution in [1.82, 2.24) is 16.2 Å². The Balaban J connectivity index is 1.33. The summed E-state index contributed by atoms with van der Waals surface area (Å²) in [5.74, 6) is 0.212. The number of benzene rings is 2. The molecule has 0 radical (unpaired) electrons. The van der Waals surface area contributed by atoms with Gasteiger partial charge in [-0.2, -0.15) is 0 Å². The number of nitrogens with one attached hydrogen (secondary N) is 3. The summed E-state index contributed by atoms with van der Waals surface area (Å²) >= 11 is 0. The lowest BCUT2D eigenvalue weighted by Crippen LogP contribution is -2.46. The molecule has 1 aliphatic carbocycles. The summed E-state index contributed by atoms with van der Waals surface area (Å²) in [5, 5.41) is 8.09. The van der Waals surface area contributed by atoms with E-state index >= 15 is 0 Å². The average Bonchev–Trinajstić information content (AvgIpc) is 3.12. The molecule has 28 heavy (non-hydrogen) atoms. The van der Waals surface area contributed by atoms with Crippen molar-refractivity contribution in [2.24, 2.45) is 11.1 Å². The molecular weight excluding hydrogens is 376 g/mol. The highest BCUT2D eigenvalue weighted by Crippen LogP contribution is 2.38. The topological polar surface area (TPSA) is 113 Å². The maximum absolute atomic E-state index is 12.7. The van der Waals surface area contributed by atoms with E-state index in [1.165, 1.54) is 23.3 Å². The molecule has 1 aliphatic heterocycles. The van der Waals surface area contributed by atoms with Crippen molar-refractivity contribution < 1.29 is 13.2 Å². The maximum atomic E-state index is 12.7. The van der Waals surface area contributed by atoms with Gasteiger partial charge in [0.1, 0.15) is 6.04 Å². The first-order chi connectivity index (χ1) is 13.4. The molecule has 1 saturated heterocycles. The second-order valence-corrected chi connectivity index (χ2v) is 8.94. The summed E-state index contributed by atoms with van der Waals surface area (Å²) in [6, 6.07) is 14.7. The molecule has 0 aromatic heterocycles. The van der Waals surface area contributed by atoms with E-state index in [-0.39, 0.29) is 28.8 Å². The van der Waals surface area contributed by atoms with Gasteiger partial charge >= 0.3 is 0 Å². The minimum absolute atomic E-state index is 0.0134. The second kappa shape index (κ2) is 7.63. The van der Waals surface area contributed by atoms with Crippen LogP contribution in [0.25, 0.3) is 0 Å². The highest BCUT2D eigenvalue weighted by Gasteiger charge is 2.42. The molecule has 0 saturated carbocycles. The number of hydrogen-bond acceptors (Lipinski definition) is 5. The van der Waals surface area contributed by atoms with Crippen molar-refractivity contribution in [2.45, 2.75) is 36.2 Å². The van der Waals surface area contributed by atoms with Crippen LogP contribution in [-0.2, 0) is 27.7 Å². The molecule has 3 atom stereocenters. The third kappa shape index (κ3) is 3.81. The smallest absolute Gasteiger partial charge is 0.238 e. The monoisotopic (exact) mass is 400 g/mol. The van der Waals surface area contributed by atoms with Gasteiger partial charge in [0.2, 0.25) is 15.9 Å². The van der Waals surface area contributed by atoms with Crippen molar-refractivity contribution in [1.29, 1.82) is 0 Å². The number of aryl methyl sites for hydroxylation is 1. The van der Waals surface area contributed by atoms with Crippen molar-refractivity contribution in [3.05, 3.63) is 65.2 Å². The van der Waals surface area contributed by atoms with Gasteiger partial charge in [0.25, 0.3) is 0 Å². The number of rotatable bonds is 5. The first-order valence-corrected chi connectivity index (χ1v) is 11.0. The van der Waals surface area contributed by atoms with E-state index < -0.39 is 10.0 Å². The zero-order chi connectivity index (χ0) is 19.7. The molecule has 1 heterocycles. The van der Waals surface area contributed by atoms with Gasteiger partial charge in [-0.1, -0.05) is 36.4 Å². The zero-order valence-corrected chi connectivity index (χ0v) is 16.2. The van der Waals surface area contributed by atoms with E-state index in [1.807, 2.05) is 6.07 Å². The Bertz CT molecular complexity index is 975. The molecule has 2 aliphatic rings. The van der Waals surface area contributed by atoms with E-state index in [0.717, 1.165) is 18.4 Å². The van der Waals surface area contributed by atoms with E-state index in [0.29, 0.717) is 13.0 Å². The fourth-order valence-electron chi connectivity index (χ4n) is 4.16. The van der Waals surface area contributed by atoms with Crippen LogP contribution in [0, 0.1) is 5.92 Å². The Labute approximate surface area is 164 Å². The molecule has 148 valence electrons. The Morgan fingerprint density at radius 2 is 1.86 bits per heavy atom. The van der Waals surface area contributed by atoms with Gasteiger partial charge in [-0.25, -0.2) is 24.4 Å². The van der Waals surface area contributed by atoms with E-state index in [2.05, 4.69) is 34.4 Å². The highest BCUT2D eigenvalue weighted by atomic mass is 32.2. The molecule has 3 unspecified atom stereocenters. The van der Waals surface area contributed by atoms with Gasteiger partial charge in [0.15, 0.2) is 0 Å². The fourth-order valence-corrected chi connectivity index (χ4v) is 4.68. The number of sulfonamides is 1. The van der Waals surface area contributed by atoms with E-state index in [4.69, 9.17) is 5.14 Å². The number of primary sulfonamides is 1. The standard InChI is InChI=1S/C20H24N4O3S/c21-28(26,27)15-8-5-13(6-9-15)11-12-22-20(25)19-17-10-7-14-3-1-2-4-16(14)18(17)23-24-19/h1-6,8-9,17-19,23-24H,7,10-12H2,(H,22,25)(H2,21,26,27). The minimum Gasteiger partial charge on any atom is -0.354 e. The Morgan fingerprint density at radius 1 is 1.11 bits per heavy atom. The van der Waals surface area contributed by atoms with E-state index in [9.17, 15) is 13.2 Å². The van der Waals surface area contributed by atoms with Gasteiger partial charge in [-0.15, -0.1) is 0 Å². The number of nitrogens with two attached hydrogens (primary N) is 1. The molecule has 2 aromatic rings. The zero-order valence-electron chi connectivity index (χ0n) is 15.4. The number of carbonyl (C=O) groups is 1. The molecule has 2 aromatic carbocycles. The second-order valence-electron chi connectivity index (χ2n) is 7.38. The quantitative estimate of drug-likeness (QED) is 0.592. The van der Waals surface area contributed by atoms with Crippen molar-refractivity contribution in [2.75, 3.05) is 6.54 Å². The Kier molecular flexibility index (Phi) is 5.20. The molecule has 1 fully saturated rings. The predicted octanol–water partition coefficient (Wildman–Crippen LogP) is 0.773. The lowest BCUT2D eigenvalue weighted by molar-refractivity contribution is -0.123. The van der Waals surface area contributed by atoms with Crippen LogP contribution in [0.1, 0.15) is 29.2 Å². The van der Waals surface area contributed by atoms with Crippen LogP contribution in [-0.4, -0.2) is 26.9 Å². The molecule has 7 nitrogen and oxygen atoms in total. The fraction of sp³-hybridized carbons (Fsp3) is 0.350. The van der Waals surface area contributed by atoms with Gasteiger partial charge in [-0.3, -0.25) is 4.79 Å². The summed E-state index contributed by atoms with van der Waals surface area (Å²) in [6.07, 6.45) is 2.57. The van der Waals surface area contributed by atoms with Crippen LogP contribution in [0.15, 0.2) is 53.4 Å². The number of fused-ring (bicyclic) bond motifs is 3. The summed E-state index contributed by atoms with van der Waals surface area (Å²) < 4.78 is 22.6. The first-order valence-electron chi connectivity index (χ1n) is 9.42. The van der Waals surface area contributed by atoms with Crippen molar-refractivity contribution >= 4 is 15.9 Å². The maximum Gasteiger partial charge on any atom is 0.238 e. The number of hydrogen-bond donors (Lipinski definition) is 4. The molecule has 1 amide bonds. The lowest BCUT2D eigenvalue weighted by Gasteiger charge is -2.29. The molecular formula is C20H24N4O3S. The molecule has 4 rings (SSSR count). The summed E-state index contributed by atoms with van der Waals surface area (Å²) in [4.78, 5) is 12.8. The Morgan fingerprint density at radius 3 is 2.61 bits per heavy atom. The van der Waals surface area contributed by atoms with Crippen LogP contribution >= 0.6 is 0 Å². The van der Waals surface area contributed by atoms with Gasteiger partial charge < -0.3 is 5.32 Å².